The molecule has 1 fully saturated rings. The second-order valence-electron chi connectivity index (χ2n) is 11.2. The number of nitrogens with zero attached hydrogens (tertiary/aromatic N) is 3. The molecule has 4 aromatic rings. The van der Waals surface area contributed by atoms with Crippen LogP contribution in [0, 0.1) is 0 Å². The predicted molar refractivity (Wildman–Crippen MR) is 166 cm³/mol. The van der Waals surface area contributed by atoms with E-state index in [1.54, 1.807) is 19.2 Å². The Labute approximate surface area is 258 Å². The number of carboxylic acids is 1. The zero-order chi connectivity index (χ0) is 31.3. The molecule has 0 aliphatic heterocycles. The molecule has 3 aromatic carbocycles. The average Bonchev–Trinajstić information content (AvgIpc) is 3.53. The molecule has 0 radical (unpaired) electrons. The lowest BCUT2D eigenvalue weighted by Crippen LogP contribution is -2.29. The normalized spacial score (nSPS) is 13.9. The van der Waals surface area contributed by atoms with Crippen molar-refractivity contribution in [2.45, 2.75) is 57.2 Å². The lowest BCUT2D eigenvalue weighted by atomic mass is 9.84. The minimum absolute atomic E-state index is 0.102. The quantitative estimate of drug-likeness (QED) is 0.192. The molecule has 0 bridgehead atoms. The Morgan fingerprint density at radius 2 is 1.59 bits per heavy atom. The van der Waals surface area contributed by atoms with Crippen LogP contribution in [0.3, 0.4) is 0 Å². The smallest absolute Gasteiger partial charge is 0.416 e. The Hall–Kier alpha value is -4.18. The zero-order valence-electron chi connectivity index (χ0n) is 24.4. The number of anilines is 2. The van der Waals surface area contributed by atoms with Gasteiger partial charge < -0.3 is 14.9 Å². The van der Waals surface area contributed by atoms with Gasteiger partial charge in [0.2, 0.25) is 0 Å². The van der Waals surface area contributed by atoms with Gasteiger partial charge in [-0.1, -0.05) is 55.7 Å². The number of carbonyl (C=O) groups is 2. The van der Waals surface area contributed by atoms with Gasteiger partial charge in [0.1, 0.15) is 0 Å². The summed E-state index contributed by atoms with van der Waals surface area (Å²) in [6.07, 6.45) is 1.71. The topological polar surface area (TPSA) is 73.7 Å². The van der Waals surface area contributed by atoms with Crippen LogP contribution in [-0.4, -0.2) is 40.5 Å². The van der Waals surface area contributed by atoms with Crippen LogP contribution >= 0.6 is 11.3 Å². The highest BCUT2D eigenvalue weighted by molar-refractivity contribution is 7.14. The van der Waals surface area contributed by atoms with E-state index in [1.165, 1.54) is 66.0 Å². The van der Waals surface area contributed by atoms with Gasteiger partial charge in [0, 0.05) is 35.8 Å². The molecule has 0 saturated heterocycles. The molecule has 10 heteroatoms. The number of amides is 1. The first-order valence-electron chi connectivity index (χ1n) is 14.7. The standard InChI is InChI=1S/C34H34F3N3O3S/c1-39(20-19-31(41)42)32(43)27-13-17-29(18-14-27)40(21-23-7-9-25(10-8-23)24-5-3-2-4-6-24)33-38-30(22-44-33)26-11-15-28(16-12-26)34(35,36)37/h7-18,22,24H,2-6,19-21H2,1H3,(H,41,42). The first-order chi connectivity index (χ1) is 21.1. The summed E-state index contributed by atoms with van der Waals surface area (Å²) in [5.41, 5.74) is 4.10. The molecule has 0 spiro atoms. The number of carboxylic acid groups (broad SMARTS) is 1. The minimum atomic E-state index is -4.41. The Bertz CT molecular complexity index is 1560. The van der Waals surface area contributed by atoms with Crippen molar-refractivity contribution in [1.82, 2.24) is 9.88 Å². The van der Waals surface area contributed by atoms with Crippen molar-refractivity contribution in [3.63, 3.8) is 0 Å². The number of aromatic nitrogens is 1. The molecule has 1 aliphatic rings. The fourth-order valence-corrected chi connectivity index (χ4v) is 6.36. The van der Waals surface area contributed by atoms with E-state index in [0.29, 0.717) is 34.4 Å². The molecule has 6 nitrogen and oxygen atoms in total. The molecule has 44 heavy (non-hydrogen) atoms. The van der Waals surface area contributed by atoms with Crippen molar-refractivity contribution in [2.75, 3.05) is 18.5 Å². The third-order valence-electron chi connectivity index (χ3n) is 8.06. The maximum absolute atomic E-state index is 13.1. The number of thiazole rings is 1. The Kier molecular flexibility index (Phi) is 9.68. The number of rotatable bonds is 10. The molecule has 0 atom stereocenters. The lowest BCUT2D eigenvalue weighted by molar-refractivity contribution is -0.138. The van der Waals surface area contributed by atoms with E-state index in [-0.39, 0.29) is 18.9 Å². The van der Waals surface area contributed by atoms with Gasteiger partial charge in [0.15, 0.2) is 5.13 Å². The summed E-state index contributed by atoms with van der Waals surface area (Å²) in [5.74, 6) is -0.652. The van der Waals surface area contributed by atoms with E-state index in [9.17, 15) is 22.8 Å². The summed E-state index contributed by atoms with van der Waals surface area (Å²) in [7, 11) is 1.57. The number of benzene rings is 3. The van der Waals surface area contributed by atoms with Crippen LogP contribution in [-0.2, 0) is 17.5 Å². The lowest BCUT2D eigenvalue weighted by Gasteiger charge is -2.24. The summed E-state index contributed by atoms with van der Waals surface area (Å²) in [6, 6.07) is 20.7. The van der Waals surface area contributed by atoms with Crippen molar-refractivity contribution in [3.05, 3.63) is 100 Å². The Morgan fingerprint density at radius 1 is 0.932 bits per heavy atom. The molecule has 5 rings (SSSR count). The molecule has 0 unspecified atom stereocenters. The summed E-state index contributed by atoms with van der Waals surface area (Å²) in [6.45, 7) is 0.599. The second kappa shape index (κ2) is 13.6. The molecule has 1 amide bonds. The molecular weight excluding hydrogens is 587 g/mol. The number of hydrogen-bond acceptors (Lipinski definition) is 5. The first-order valence-corrected chi connectivity index (χ1v) is 15.5. The van der Waals surface area contributed by atoms with Crippen LogP contribution in [0.4, 0.5) is 24.0 Å². The highest BCUT2D eigenvalue weighted by atomic mass is 32.1. The maximum Gasteiger partial charge on any atom is 0.416 e. The van der Waals surface area contributed by atoms with Gasteiger partial charge in [-0.05, 0) is 66.3 Å². The second-order valence-corrected chi connectivity index (χ2v) is 12.0. The van der Waals surface area contributed by atoms with E-state index >= 15 is 0 Å². The van der Waals surface area contributed by atoms with Gasteiger partial charge >= 0.3 is 12.1 Å². The molecule has 1 saturated carbocycles. The van der Waals surface area contributed by atoms with Gasteiger partial charge in [0.05, 0.1) is 24.2 Å². The summed E-state index contributed by atoms with van der Waals surface area (Å²) < 4.78 is 39.2. The van der Waals surface area contributed by atoms with Crippen molar-refractivity contribution in [2.24, 2.45) is 0 Å². The molecule has 1 N–H and O–H groups in total. The highest BCUT2D eigenvalue weighted by Gasteiger charge is 2.30. The minimum Gasteiger partial charge on any atom is -0.481 e. The van der Waals surface area contributed by atoms with Crippen molar-refractivity contribution >= 4 is 34.0 Å². The van der Waals surface area contributed by atoms with Gasteiger partial charge in [-0.2, -0.15) is 13.2 Å². The number of alkyl halides is 3. The fraction of sp³-hybridized carbons (Fsp3) is 0.324. The highest BCUT2D eigenvalue weighted by Crippen LogP contribution is 2.36. The summed E-state index contributed by atoms with van der Waals surface area (Å²) in [5, 5.41) is 11.4. The zero-order valence-corrected chi connectivity index (χ0v) is 25.2. The molecule has 1 aromatic heterocycles. The molecule has 230 valence electrons. The first kappa shape index (κ1) is 31.3. The van der Waals surface area contributed by atoms with Gasteiger partial charge in [0.25, 0.3) is 5.91 Å². The SMILES string of the molecule is CN(CCC(=O)O)C(=O)c1ccc(N(Cc2ccc(C3CCCCC3)cc2)c2nc(-c3ccc(C(F)(F)F)cc3)cs2)cc1. The van der Waals surface area contributed by atoms with Crippen molar-refractivity contribution < 1.29 is 27.9 Å². The van der Waals surface area contributed by atoms with E-state index in [1.807, 2.05) is 22.4 Å². The monoisotopic (exact) mass is 621 g/mol. The van der Waals surface area contributed by atoms with Crippen LogP contribution in [0.1, 0.15) is 71.5 Å². The number of carbonyl (C=O) groups excluding carboxylic acids is 1. The Balaban J connectivity index is 1.41. The number of halogens is 3. The Morgan fingerprint density at radius 3 is 2.20 bits per heavy atom. The average molecular weight is 622 g/mol. The third-order valence-corrected chi connectivity index (χ3v) is 8.93. The molecule has 1 heterocycles. The van der Waals surface area contributed by atoms with Crippen LogP contribution in [0.25, 0.3) is 11.3 Å². The van der Waals surface area contributed by atoms with Crippen LogP contribution in [0.5, 0.6) is 0 Å². The molecule has 1 aliphatic carbocycles. The number of aliphatic carboxylic acids is 1. The fourth-order valence-electron chi connectivity index (χ4n) is 5.50. The van der Waals surface area contributed by atoms with E-state index in [0.717, 1.165) is 23.4 Å². The summed E-state index contributed by atoms with van der Waals surface area (Å²) >= 11 is 1.39. The molecular formula is C34H34F3N3O3S. The van der Waals surface area contributed by atoms with Gasteiger partial charge in [-0.3, -0.25) is 9.59 Å². The number of hydrogen-bond donors (Lipinski definition) is 1. The van der Waals surface area contributed by atoms with Gasteiger partial charge in [-0.25, -0.2) is 4.98 Å². The largest absolute Gasteiger partial charge is 0.481 e. The predicted octanol–water partition coefficient (Wildman–Crippen LogP) is 8.76. The van der Waals surface area contributed by atoms with E-state index < -0.39 is 17.7 Å². The van der Waals surface area contributed by atoms with E-state index in [4.69, 9.17) is 10.1 Å². The maximum atomic E-state index is 13.1. The van der Waals surface area contributed by atoms with Crippen LogP contribution < -0.4 is 4.90 Å². The van der Waals surface area contributed by atoms with Crippen molar-refractivity contribution in [1.29, 1.82) is 0 Å². The van der Waals surface area contributed by atoms with Crippen molar-refractivity contribution in [3.8, 4) is 11.3 Å². The summed E-state index contributed by atoms with van der Waals surface area (Å²) in [4.78, 5) is 32.0. The third kappa shape index (κ3) is 7.66. The van der Waals surface area contributed by atoms with Crippen LogP contribution in [0.15, 0.2) is 78.2 Å². The van der Waals surface area contributed by atoms with E-state index in [2.05, 4.69) is 24.3 Å². The van der Waals surface area contributed by atoms with Gasteiger partial charge in [-0.15, -0.1) is 11.3 Å². The van der Waals surface area contributed by atoms with Crippen LogP contribution in [0.2, 0.25) is 0 Å².